The van der Waals surface area contributed by atoms with Crippen molar-refractivity contribution in [3.05, 3.63) is 33.1 Å². The molecule has 29 heavy (non-hydrogen) atoms. The van der Waals surface area contributed by atoms with Crippen molar-refractivity contribution in [3.8, 4) is 0 Å². The second-order valence-corrected chi connectivity index (χ2v) is 9.92. The highest BCUT2D eigenvalue weighted by atomic mass is 31.3. The molecular weight excluding hydrogens is 438 g/mol. The lowest BCUT2D eigenvalue weighted by Crippen LogP contribution is -2.37. The number of phosphoric acid groups is 2. The van der Waals surface area contributed by atoms with Gasteiger partial charge in [-0.05, 0) is 20.8 Å². The fraction of sp³-hybridized carbons (Fsp3) is 0.692. The monoisotopic (exact) mass is 458 g/mol. The summed E-state index contributed by atoms with van der Waals surface area (Å²) in [7, 11) is -10.7. The van der Waals surface area contributed by atoms with E-state index >= 15 is 0 Å². The van der Waals surface area contributed by atoms with Crippen molar-refractivity contribution in [2.75, 3.05) is 6.61 Å². The summed E-state index contributed by atoms with van der Waals surface area (Å²) in [4.78, 5) is 48.2. The number of H-pyrrole nitrogens is 1. The standard InChI is InChI=1S/C13H22N2O12P2/c1-13(2,3)26-29(22,23)27-28(20,21)24-6-7-9(17)10(18)11(25-7)15-5-4-8(16)14-12(15)19/h4-5,7,9-11,17-18H,6H2,1-3H3,(H,20,21)(H,22,23)(H,14,16,19)/p-2/t7-,9-,10-,11-/m1/s1. The molecular formula is C13H20N2O12P2-2. The number of aromatic nitrogens is 2. The molecule has 1 aliphatic heterocycles. The summed E-state index contributed by atoms with van der Waals surface area (Å²) in [6.45, 7) is 3.10. The molecule has 0 aromatic carbocycles. The number of ether oxygens (including phenoxy) is 1. The molecule has 0 bridgehead atoms. The summed E-state index contributed by atoms with van der Waals surface area (Å²) in [5.41, 5.74) is -2.91. The summed E-state index contributed by atoms with van der Waals surface area (Å²) >= 11 is 0. The third-order valence-corrected chi connectivity index (χ3v) is 6.28. The number of aliphatic hydroxyl groups excluding tert-OH is 2. The molecule has 1 aliphatic rings. The van der Waals surface area contributed by atoms with Gasteiger partial charge in [-0.1, -0.05) is 0 Å². The Bertz CT molecular complexity index is 937. The number of hydrogen-bond acceptors (Lipinski definition) is 12. The van der Waals surface area contributed by atoms with E-state index in [1.165, 1.54) is 20.8 Å². The van der Waals surface area contributed by atoms with Crippen LogP contribution in [0.1, 0.15) is 27.0 Å². The number of rotatable bonds is 7. The molecule has 16 heteroatoms. The highest BCUT2D eigenvalue weighted by Gasteiger charge is 2.44. The maximum Gasteiger partial charge on any atom is 0.330 e. The van der Waals surface area contributed by atoms with Crippen LogP contribution in [0.3, 0.4) is 0 Å². The van der Waals surface area contributed by atoms with Crippen LogP contribution in [0.25, 0.3) is 0 Å². The number of nitrogens with one attached hydrogen (secondary N) is 1. The summed E-state index contributed by atoms with van der Waals surface area (Å²) in [5.74, 6) is 0. The van der Waals surface area contributed by atoms with Crippen LogP contribution in [0.4, 0.5) is 0 Å². The van der Waals surface area contributed by atoms with Gasteiger partial charge in [0.2, 0.25) is 0 Å². The van der Waals surface area contributed by atoms with Crippen LogP contribution in [-0.4, -0.2) is 50.3 Å². The van der Waals surface area contributed by atoms with Gasteiger partial charge in [-0.3, -0.25) is 23.5 Å². The molecule has 166 valence electrons. The van der Waals surface area contributed by atoms with Crippen molar-refractivity contribution >= 4 is 15.6 Å². The molecule has 2 unspecified atom stereocenters. The zero-order valence-corrected chi connectivity index (χ0v) is 17.3. The lowest BCUT2D eigenvalue weighted by atomic mass is 10.1. The minimum atomic E-state index is -5.45. The molecule has 0 spiro atoms. The Kier molecular flexibility index (Phi) is 7.08. The largest absolute Gasteiger partial charge is 0.756 e. The van der Waals surface area contributed by atoms with Gasteiger partial charge < -0.3 is 33.8 Å². The van der Waals surface area contributed by atoms with Crippen LogP contribution < -0.4 is 21.0 Å². The SMILES string of the molecule is CC(C)(C)OP(=O)([O-])OP(=O)([O-])OC[C@H]1O[C@@H](n2ccc(=O)[nH]c2=O)[C@H](O)[C@@H]1O. The minimum absolute atomic E-state index is 0.705. The number of nitrogens with zero attached hydrogens (tertiary/aromatic N) is 1. The van der Waals surface area contributed by atoms with Crippen molar-refractivity contribution in [1.82, 2.24) is 9.55 Å². The molecule has 1 aromatic rings. The average Bonchev–Trinajstić information content (AvgIpc) is 2.78. The molecule has 6 atom stereocenters. The van der Waals surface area contributed by atoms with Gasteiger partial charge in [-0.2, -0.15) is 0 Å². The first-order valence-corrected chi connectivity index (χ1v) is 11.0. The zero-order valence-electron chi connectivity index (χ0n) is 15.5. The van der Waals surface area contributed by atoms with Crippen LogP contribution in [0, 0.1) is 0 Å². The Morgan fingerprint density at radius 2 is 1.83 bits per heavy atom. The summed E-state index contributed by atoms with van der Waals surface area (Å²) in [5, 5.41) is 20.0. The fourth-order valence-corrected chi connectivity index (χ4v) is 4.69. The van der Waals surface area contributed by atoms with Crippen LogP contribution in [0.5, 0.6) is 0 Å². The Morgan fingerprint density at radius 1 is 1.21 bits per heavy atom. The summed E-state index contributed by atoms with van der Waals surface area (Å²) in [6, 6.07) is 0.967. The van der Waals surface area contributed by atoms with E-state index in [-0.39, 0.29) is 0 Å². The molecule has 1 fully saturated rings. The van der Waals surface area contributed by atoms with Gasteiger partial charge in [0, 0.05) is 12.3 Å². The first-order valence-electron chi connectivity index (χ1n) is 8.12. The number of phosphoric ester groups is 2. The second-order valence-electron chi connectivity index (χ2n) is 7.04. The smallest absolute Gasteiger partial charge is 0.330 e. The molecule has 0 radical (unpaired) electrons. The summed E-state index contributed by atoms with van der Waals surface area (Å²) in [6.07, 6.45) is -5.33. The van der Waals surface area contributed by atoms with E-state index < -0.39 is 63.6 Å². The highest BCUT2D eigenvalue weighted by Crippen LogP contribution is 2.57. The van der Waals surface area contributed by atoms with E-state index in [4.69, 9.17) is 4.74 Å². The average molecular weight is 458 g/mol. The van der Waals surface area contributed by atoms with Gasteiger partial charge in [-0.25, -0.2) is 9.11 Å². The molecule has 1 saturated heterocycles. The van der Waals surface area contributed by atoms with Crippen molar-refractivity contribution < 1.29 is 47.2 Å². The van der Waals surface area contributed by atoms with Crippen LogP contribution >= 0.6 is 15.6 Å². The van der Waals surface area contributed by atoms with E-state index in [1.807, 2.05) is 4.98 Å². The Morgan fingerprint density at radius 3 is 2.38 bits per heavy atom. The molecule has 2 heterocycles. The zero-order chi connectivity index (χ0) is 22.2. The normalized spacial score (nSPS) is 29.3. The Hall–Kier alpha value is -1.18. The van der Waals surface area contributed by atoms with Gasteiger partial charge >= 0.3 is 5.69 Å². The van der Waals surface area contributed by atoms with E-state index in [9.17, 15) is 38.7 Å². The van der Waals surface area contributed by atoms with Crippen molar-refractivity contribution in [2.45, 2.75) is 50.9 Å². The lowest BCUT2D eigenvalue weighted by Gasteiger charge is -2.35. The van der Waals surface area contributed by atoms with Gasteiger partial charge in [0.25, 0.3) is 21.2 Å². The van der Waals surface area contributed by atoms with Crippen LogP contribution in [0.15, 0.2) is 21.9 Å². The maximum atomic E-state index is 11.8. The molecule has 1 aromatic heterocycles. The van der Waals surface area contributed by atoms with Crippen LogP contribution in [0.2, 0.25) is 0 Å². The Labute approximate surface area is 163 Å². The predicted molar refractivity (Wildman–Crippen MR) is 90.3 cm³/mol. The highest BCUT2D eigenvalue weighted by molar-refractivity contribution is 7.59. The predicted octanol–water partition coefficient (Wildman–Crippen LogP) is -2.06. The topological polar surface area (TPSA) is 212 Å². The number of aromatic amines is 1. The fourth-order valence-electron chi connectivity index (χ4n) is 2.39. The molecule has 2 rings (SSSR count). The van der Waals surface area contributed by atoms with Crippen LogP contribution in [-0.2, 0) is 27.2 Å². The molecule has 0 saturated carbocycles. The molecule has 3 N–H and O–H groups in total. The van der Waals surface area contributed by atoms with Gasteiger partial charge in [0.15, 0.2) is 6.23 Å². The van der Waals surface area contributed by atoms with E-state index in [1.54, 1.807) is 0 Å². The minimum Gasteiger partial charge on any atom is -0.756 e. The van der Waals surface area contributed by atoms with Gasteiger partial charge in [0.05, 0.1) is 12.2 Å². The quantitative estimate of drug-likeness (QED) is 0.376. The van der Waals surface area contributed by atoms with Crippen molar-refractivity contribution in [2.24, 2.45) is 0 Å². The molecule has 14 nitrogen and oxygen atoms in total. The van der Waals surface area contributed by atoms with E-state index in [0.29, 0.717) is 0 Å². The summed E-state index contributed by atoms with van der Waals surface area (Å²) < 4.78 is 42.2. The maximum absolute atomic E-state index is 11.8. The lowest BCUT2D eigenvalue weighted by molar-refractivity contribution is -0.249. The molecule has 0 aliphatic carbocycles. The van der Waals surface area contributed by atoms with Gasteiger partial charge in [-0.15, -0.1) is 0 Å². The van der Waals surface area contributed by atoms with E-state index in [2.05, 4.69) is 13.4 Å². The number of aliphatic hydroxyl groups is 2. The van der Waals surface area contributed by atoms with Crippen molar-refractivity contribution in [1.29, 1.82) is 0 Å². The third-order valence-electron chi connectivity index (χ3n) is 3.45. The van der Waals surface area contributed by atoms with Gasteiger partial charge in [0.1, 0.15) is 18.3 Å². The van der Waals surface area contributed by atoms with E-state index in [0.717, 1.165) is 16.8 Å². The third kappa shape index (κ3) is 6.66. The number of hydrogen-bond donors (Lipinski definition) is 3. The first-order chi connectivity index (χ1) is 13.1. The van der Waals surface area contributed by atoms with Crippen molar-refractivity contribution in [3.63, 3.8) is 0 Å². The first kappa shape index (κ1) is 24.1. The molecule has 0 amide bonds. The Balaban J connectivity index is 2.05. The second kappa shape index (κ2) is 8.52.